The number of H-pyrrole nitrogens is 1. The number of imidazole rings is 1. The average molecular weight is 419 g/mol. The molecule has 102 valence electrons. The van der Waals surface area contributed by atoms with Crippen molar-refractivity contribution in [1.82, 2.24) is 9.55 Å². The minimum Gasteiger partial charge on any atom is -0.330 e. The molecule has 20 heavy (non-hydrogen) atoms. The monoisotopic (exact) mass is 418 g/mol. The lowest BCUT2D eigenvalue weighted by atomic mass is 10.2. The molecule has 1 N–H and O–H groups in total. The van der Waals surface area contributed by atoms with Crippen molar-refractivity contribution in [1.29, 1.82) is 0 Å². The Morgan fingerprint density at radius 1 is 1.30 bits per heavy atom. The molecule has 3 rings (SSSR count). The third kappa shape index (κ3) is 2.27. The Morgan fingerprint density at radius 3 is 2.75 bits per heavy atom. The Morgan fingerprint density at radius 2 is 2.05 bits per heavy atom. The number of aryl methyl sites for hydroxylation is 1. The molecular formula is C14H9ClFIN2S. The molecule has 0 aliphatic rings. The molecule has 3 aromatic rings. The molecule has 0 fully saturated rings. The third-order valence-electron chi connectivity index (χ3n) is 3.11. The van der Waals surface area contributed by atoms with Gasteiger partial charge >= 0.3 is 0 Å². The number of halogens is 3. The Hall–Kier alpha value is -0.920. The second-order valence-corrected chi connectivity index (χ2v) is 6.52. The number of hydrogen-bond donors (Lipinski definition) is 1. The predicted octanol–water partition coefficient (Wildman–Crippen LogP) is 5.39. The highest BCUT2D eigenvalue weighted by atomic mass is 127. The van der Waals surface area contributed by atoms with Crippen molar-refractivity contribution in [2.24, 2.45) is 0 Å². The summed E-state index contributed by atoms with van der Waals surface area (Å²) in [5, 5.41) is 0.607. The van der Waals surface area contributed by atoms with Gasteiger partial charge in [-0.1, -0.05) is 11.6 Å². The number of hydrogen-bond acceptors (Lipinski definition) is 1. The molecule has 0 radical (unpaired) electrons. The van der Waals surface area contributed by atoms with Crippen molar-refractivity contribution in [2.75, 3.05) is 0 Å². The number of aromatic amines is 1. The maximum atomic E-state index is 13.6. The minimum absolute atomic E-state index is 0.255. The Balaban J connectivity index is 2.39. The number of nitrogens with one attached hydrogen (secondary N) is 1. The van der Waals surface area contributed by atoms with Crippen LogP contribution in [0.3, 0.4) is 0 Å². The number of nitrogens with zero attached hydrogens (tertiary/aromatic N) is 1. The molecule has 0 amide bonds. The van der Waals surface area contributed by atoms with E-state index < -0.39 is 0 Å². The summed E-state index contributed by atoms with van der Waals surface area (Å²) in [6.07, 6.45) is 0. The van der Waals surface area contributed by atoms with Crippen molar-refractivity contribution in [3.05, 3.63) is 55.1 Å². The maximum absolute atomic E-state index is 13.6. The lowest BCUT2D eigenvalue weighted by Gasteiger charge is -2.08. The molecule has 1 aromatic heterocycles. The van der Waals surface area contributed by atoms with Crippen LogP contribution in [0.25, 0.3) is 16.7 Å². The van der Waals surface area contributed by atoms with Crippen LogP contribution in [0.4, 0.5) is 4.39 Å². The number of fused-ring (bicyclic) bond motifs is 1. The van der Waals surface area contributed by atoms with Gasteiger partial charge in [-0.2, -0.15) is 0 Å². The van der Waals surface area contributed by atoms with Crippen LogP contribution in [-0.2, 0) is 0 Å². The second-order valence-electron chi connectivity index (χ2n) is 4.48. The second kappa shape index (κ2) is 5.13. The fourth-order valence-corrected chi connectivity index (χ4v) is 3.38. The fraction of sp³-hybridized carbons (Fsp3) is 0.0714. The number of benzene rings is 2. The van der Waals surface area contributed by atoms with E-state index in [0.717, 1.165) is 14.8 Å². The van der Waals surface area contributed by atoms with Crippen LogP contribution in [-0.4, -0.2) is 9.55 Å². The zero-order chi connectivity index (χ0) is 14.4. The van der Waals surface area contributed by atoms with Crippen LogP contribution >= 0.6 is 46.4 Å². The molecule has 1 heterocycles. The summed E-state index contributed by atoms with van der Waals surface area (Å²) in [5.74, 6) is -0.255. The van der Waals surface area contributed by atoms with Crippen LogP contribution in [0.15, 0.2) is 30.3 Å². The van der Waals surface area contributed by atoms with Gasteiger partial charge in [0.1, 0.15) is 5.82 Å². The van der Waals surface area contributed by atoms with Gasteiger partial charge in [0.2, 0.25) is 0 Å². The highest BCUT2D eigenvalue weighted by Gasteiger charge is 2.12. The molecule has 0 spiro atoms. The fourth-order valence-electron chi connectivity index (χ4n) is 2.13. The van der Waals surface area contributed by atoms with Gasteiger partial charge in [0.15, 0.2) is 4.77 Å². The zero-order valence-electron chi connectivity index (χ0n) is 10.4. The van der Waals surface area contributed by atoms with Gasteiger partial charge in [-0.3, -0.25) is 4.57 Å². The quantitative estimate of drug-likeness (QED) is 0.415. The van der Waals surface area contributed by atoms with Gasteiger partial charge in [0, 0.05) is 3.57 Å². The van der Waals surface area contributed by atoms with Gasteiger partial charge in [-0.05, 0) is 77.6 Å². The Bertz CT molecular complexity index is 885. The summed E-state index contributed by atoms with van der Waals surface area (Å²) in [4.78, 5) is 3.01. The van der Waals surface area contributed by atoms with E-state index in [2.05, 4.69) is 27.6 Å². The standard InChI is InChI=1S/C14H9ClFIN2S/c1-7-4-13-11(6-10(7)16)18-14(20)19(13)12-3-2-8(17)5-9(12)15/h2-6H,1H3,(H,18,20). The molecule has 2 aromatic carbocycles. The number of rotatable bonds is 1. The molecule has 0 bridgehead atoms. The Labute approximate surface area is 138 Å². The van der Waals surface area contributed by atoms with Gasteiger partial charge in [0.05, 0.1) is 21.7 Å². The van der Waals surface area contributed by atoms with Gasteiger partial charge in [0.25, 0.3) is 0 Å². The van der Waals surface area contributed by atoms with E-state index in [1.807, 2.05) is 22.8 Å². The number of aromatic nitrogens is 2. The average Bonchev–Trinajstić information content (AvgIpc) is 2.66. The molecule has 2 nitrogen and oxygen atoms in total. The first-order valence-corrected chi connectivity index (χ1v) is 7.70. The lowest BCUT2D eigenvalue weighted by molar-refractivity contribution is 0.620. The van der Waals surface area contributed by atoms with Crippen LogP contribution in [0.2, 0.25) is 5.02 Å². The highest BCUT2D eigenvalue weighted by Crippen LogP contribution is 2.28. The van der Waals surface area contributed by atoms with Crippen LogP contribution in [0, 0.1) is 21.1 Å². The normalized spacial score (nSPS) is 11.2. The van der Waals surface area contributed by atoms with Crippen LogP contribution in [0.1, 0.15) is 5.56 Å². The lowest BCUT2D eigenvalue weighted by Crippen LogP contribution is -1.96. The molecule has 0 atom stereocenters. The van der Waals surface area contributed by atoms with E-state index in [1.165, 1.54) is 6.07 Å². The summed E-state index contributed by atoms with van der Waals surface area (Å²) >= 11 is 13.8. The smallest absolute Gasteiger partial charge is 0.182 e. The maximum Gasteiger partial charge on any atom is 0.182 e. The van der Waals surface area contributed by atoms with Gasteiger partial charge in [-0.15, -0.1) is 0 Å². The van der Waals surface area contributed by atoms with E-state index in [-0.39, 0.29) is 5.82 Å². The van der Waals surface area contributed by atoms with E-state index in [0.29, 0.717) is 20.9 Å². The summed E-state index contributed by atoms with van der Waals surface area (Å²) in [6.45, 7) is 1.73. The van der Waals surface area contributed by atoms with Crippen LogP contribution < -0.4 is 0 Å². The van der Waals surface area contributed by atoms with Crippen LogP contribution in [0.5, 0.6) is 0 Å². The molecule has 0 saturated carbocycles. The summed E-state index contributed by atoms with van der Waals surface area (Å²) in [6, 6.07) is 8.96. The van der Waals surface area contributed by atoms with E-state index in [1.54, 1.807) is 13.0 Å². The SMILES string of the molecule is Cc1cc2c(cc1F)[nH]c(=S)n2-c1ccc(I)cc1Cl. The largest absolute Gasteiger partial charge is 0.330 e. The molecule has 0 unspecified atom stereocenters. The van der Waals surface area contributed by atoms with Crippen molar-refractivity contribution in [2.45, 2.75) is 6.92 Å². The first-order chi connectivity index (χ1) is 9.47. The first kappa shape index (κ1) is 14.0. The molecule has 0 saturated heterocycles. The Kier molecular flexibility index (Phi) is 3.60. The molecule has 6 heteroatoms. The van der Waals surface area contributed by atoms with Crippen molar-refractivity contribution < 1.29 is 4.39 Å². The molecular weight excluding hydrogens is 410 g/mol. The summed E-state index contributed by atoms with van der Waals surface area (Å²) < 4.78 is 17.0. The van der Waals surface area contributed by atoms with E-state index in [9.17, 15) is 4.39 Å². The third-order valence-corrected chi connectivity index (χ3v) is 4.37. The summed E-state index contributed by atoms with van der Waals surface area (Å²) in [5.41, 5.74) is 2.83. The van der Waals surface area contributed by atoms with Gasteiger partial charge < -0.3 is 4.98 Å². The van der Waals surface area contributed by atoms with Crippen molar-refractivity contribution in [3.63, 3.8) is 0 Å². The summed E-state index contributed by atoms with van der Waals surface area (Å²) in [7, 11) is 0. The topological polar surface area (TPSA) is 20.7 Å². The minimum atomic E-state index is -0.255. The highest BCUT2D eigenvalue weighted by molar-refractivity contribution is 14.1. The predicted molar refractivity (Wildman–Crippen MR) is 90.9 cm³/mol. The van der Waals surface area contributed by atoms with E-state index in [4.69, 9.17) is 23.8 Å². The molecule has 0 aliphatic heterocycles. The van der Waals surface area contributed by atoms with Crippen molar-refractivity contribution in [3.8, 4) is 5.69 Å². The van der Waals surface area contributed by atoms with Gasteiger partial charge in [-0.25, -0.2) is 4.39 Å². The van der Waals surface area contributed by atoms with E-state index >= 15 is 0 Å². The van der Waals surface area contributed by atoms with Crippen molar-refractivity contribution >= 4 is 57.4 Å². The zero-order valence-corrected chi connectivity index (χ0v) is 14.1. The first-order valence-electron chi connectivity index (χ1n) is 5.83. The molecule has 0 aliphatic carbocycles.